The Labute approximate surface area is 159 Å². The maximum absolute atomic E-state index is 13.2. The molecule has 2 saturated heterocycles. The number of amides is 4. The molecule has 3 heterocycles. The Kier molecular flexibility index (Phi) is 4.35. The molecule has 0 radical (unpaired) electrons. The number of carbonyl (C=O) groups is 3. The number of likely N-dealkylation sites (tertiary alicyclic amines) is 2. The first-order valence-corrected chi connectivity index (χ1v) is 9.01. The summed E-state index contributed by atoms with van der Waals surface area (Å²) in [5.41, 5.74) is 0.746. The predicted molar refractivity (Wildman–Crippen MR) is 90.9 cm³/mol. The molecule has 2 fully saturated rings. The van der Waals surface area contributed by atoms with Crippen molar-refractivity contribution in [2.24, 2.45) is 0 Å². The molecule has 1 aromatic carbocycles. The van der Waals surface area contributed by atoms with Gasteiger partial charge in [-0.05, 0) is 30.5 Å². The van der Waals surface area contributed by atoms with E-state index in [0.717, 1.165) is 16.9 Å². The molecular formula is C18H19F2N3O5. The molecule has 28 heavy (non-hydrogen) atoms. The van der Waals surface area contributed by atoms with E-state index in [-0.39, 0.29) is 35.7 Å². The van der Waals surface area contributed by atoms with Crippen LogP contribution in [0.25, 0.3) is 0 Å². The fraction of sp³-hybridized carbons (Fsp3) is 0.500. The number of hydrogen-bond donors (Lipinski definition) is 1. The van der Waals surface area contributed by atoms with E-state index >= 15 is 0 Å². The maximum Gasteiger partial charge on any atom is 0.586 e. The molecule has 1 N–H and O–H groups in total. The van der Waals surface area contributed by atoms with Gasteiger partial charge in [-0.1, -0.05) is 6.07 Å². The smallest absolute Gasteiger partial charge is 0.395 e. The van der Waals surface area contributed by atoms with Gasteiger partial charge in [0, 0.05) is 26.1 Å². The fourth-order valence-electron chi connectivity index (χ4n) is 3.83. The lowest BCUT2D eigenvalue weighted by molar-refractivity contribution is -0.286. The molecule has 0 bridgehead atoms. The van der Waals surface area contributed by atoms with Crippen molar-refractivity contribution in [1.29, 1.82) is 0 Å². The number of likely N-dealkylation sites (N-methyl/N-ethyl adjacent to an activating group) is 1. The molecule has 0 aliphatic carbocycles. The first-order chi connectivity index (χ1) is 13.3. The van der Waals surface area contributed by atoms with Crippen molar-refractivity contribution in [3.05, 3.63) is 23.8 Å². The maximum atomic E-state index is 13.2. The number of rotatable bonds is 2. The van der Waals surface area contributed by atoms with Crippen LogP contribution in [0.15, 0.2) is 18.2 Å². The second-order valence-corrected chi connectivity index (χ2v) is 7.04. The molecule has 2 unspecified atom stereocenters. The average Bonchev–Trinajstić information content (AvgIpc) is 2.98. The number of ether oxygens (including phenoxy) is 2. The molecule has 8 nitrogen and oxygen atoms in total. The molecule has 150 valence electrons. The summed E-state index contributed by atoms with van der Waals surface area (Å²) in [6.45, 7) is 0.779. The molecular weight excluding hydrogens is 376 g/mol. The number of hydrogen-bond acceptors (Lipinski definition) is 5. The number of imide groups is 1. The number of nitrogens with zero attached hydrogens (tertiary/aromatic N) is 2. The van der Waals surface area contributed by atoms with Crippen LogP contribution in [-0.4, -0.2) is 60.1 Å². The Hall–Kier alpha value is -2.91. The summed E-state index contributed by atoms with van der Waals surface area (Å²) >= 11 is 0. The Bertz CT molecular complexity index is 847. The van der Waals surface area contributed by atoms with Crippen molar-refractivity contribution in [2.75, 3.05) is 20.1 Å². The van der Waals surface area contributed by atoms with Crippen LogP contribution in [0, 0.1) is 0 Å². The van der Waals surface area contributed by atoms with Gasteiger partial charge in [0.2, 0.25) is 11.8 Å². The number of benzene rings is 1. The zero-order valence-electron chi connectivity index (χ0n) is 15.1. The summed E-state index contributed by atoms with van der Waals surface area (Å²) in [6, 6.07) is 3.31. The van der Waals surface area contributed by atoms with Gasteiger partial charge in [0.25, 0.3) is 0 Å². The number of halogens is 2. The van der Waals surface area contributed by atoms with E-state index in [9.17, 15) is 23.2 Å². The molecule has 2 atom stereocenters. The number of nitrogens with one attached hydrogen (secondary N) is 1. The molecule has 0 spiro atoms. The van der Waals surface area contributed by atoms with Crippen molar-refractivity contribution >= 4 is 17.8 Å². The van der Waals surface area contributed by atoms with E-state index in [1.54, 1.807) is 6.07 Å². The molecule has 0 saturated carbocycles. The van der Waals surface area contributed by atoms with Gasteiger partial charge in [0.15, 0.2) is 11.5 Å². The van der Waals surface area contributed by atoms with E-state index in [1.807, 2.05) is 0 Å². The van der Waals surface area contributed by atoms with Crippen LogP contribution in [0.3, 0.4) is 0 Å². The number of β-lactam (4-membered cyclic amide) rings is 1. The van der Waals surface area contributed by atoms with Crippen molar-refractivity contribution in [3.8, 4) is 11.5 Å². The minimum atomic E-state index is -3.68. The summed E-state index contributed by atoms with van der Waals surface area (Å²) in [6.07, 6.45) is -2.22. The number of fused-ring (bicyclic) bond motifs is 1. The predicted octanol–water partition coefficient (Wildman–Crippen LogP) is 1.65. The molecule has 3 aliphatic rings. The van der Waals surface area contributed by atoms with Crippen LogP contribution >= 0.6 is 0 Å². The van der Waals surface area contributed by atoms with Crippen LogP contribution in [0.1, 0.15) is 30.7 Å². The van der Waals surface area contributed by atoms with Crippen molar-refractivity contribution in [1.82, 2.24) is 15.1 Å². The zero-order valence-corrected chi connectivity index (χ0v) is 15.1. The van der Waals surface area contributed by atoms with Crippen LogP contribution in [0.2, 0.25) is 0 Å². The summed E-state index contributed by atoms with van der Waals surface area (Å²) in [7, 11) is 1.45. The standard InChI is InChI=1S/C18H19F2N3O5/c1-21-16(25)12-8-15(24)23(12)17(26)22-6-2-3-11(9-22)10-4-5-13-14(7-10)28-18(19,20)27-13/h4-5,7,11-12H,2-3,6,8-9H2,1H3,(H,21,25). The quantitative estimate of drug-likeness (QED) is 0.770. The highest BCUT2D eigenvalue weighted by Crippen LogP contribution is 2.43. The second-order valence-electron chi connectivity index (χ2n) is 7.04. The molecule has 1 aromatic rings. The average molecular weight is 395 g/mol. The monoisotopic (exact) mass is 395 g/mol. The SMILES string of the molecule is CNC(=O)C1CC(=O)N1C(=O)N1CCCC(c2ccc3c(c2)OC(F)(F)O3)C1. The van der Waals surface area contributed by atoms with Crippen LogP contribution in [0.4, 0.5) is 13.6 Å². The van der Waals surface area contributed by atoms with E-state index in [4.69, 9.17) is 0 Å². The van der Waals surface area contributed by atoms with E-state index < -0.39 is 18.4 Å². The fourth-order valence-corrected chi connectivity index (χ4v) is 3.83. The number of alkyl halides is 2. The van der Waals surface area contributed by atoms with Gasteiger partial charge in [-0.2, -0.15) is 0 Å². The van der Waals surface area contributed by atoms with Crippen molar-refractivity contribution in [2.45, 2.75) is 37.5 Å². The largest absolute Gasteiger partial charge is 0.586 e. The van der Waals surface area contributed by atoms with Gasteiger partial charge in [-0.3, -0.25) is 14.5 Å². The van der Waals surface area contributed by atoms with Gasteiger partial charge in [-0.15, -0.1) is 8.78 Å². The summed E-state index contributed by atoms with van der Waals surface area (Å²) < 4.78 is 35.3. The van der Waals surface area contributed by atoms with Gasteiger partial charge >= 0.3 is 12.3 Å². The zero-order chi connectivity index (χ0) is 20.1. The number of carbonyl (C=O) groups excluding carboxylic acids is 3. The van der Waals surface area contributed by atoms with Crippen molar-refractivity contribution in [3.63, 3.8) is 0 Å². The third-order valence-corrected chi connectivity index (χ3v) is 5.29. The first kappa shape index (κ1) is 18.5. The summed E-state index contributed by atoms with van der Waals surface area (Å²) in [4.78, 5) is 39.0. The van der Waals surface area contributed by atoms with Crippen LogP contribution < -0.4 is 14.8 Å². The highest BCUT2D eigenvalue weighted by Gasteiger charge is 2.47. The van der Waals surface area contributed by atoms with Crippen LogP contribution in [0.5, 0.6) is 11.5 Å². The Morgan fingerprint density at radius 3 is 2.71 bits per heavy atom. The molecule has 0 aromatic heterocycles. The first-order valence-electron chi connectivity index (χ1n) is 9.01. The van der Waals surface area contributed by atoms with Gasteiger partial charge < -0.3 is 19.7 Å². The second kappa shape index (κ2) is 6.61. The summed E-state index contributed by atoms with van der Waals surface area (Å²) in [5, 5.41) is 2.45. The topological polar surface area (TPSA) is 88.2 Å². The molecule has 4 amide bonds. The molecule has 4 rings (SSSR count). The Morgan fingerprint density at radius 1 is 1.25 bits per heavy atom. The normalized spacial score (nSPS) is 25.3. The highest BCUT2D eigenvalue weighted by atomic mass is 19.3. The van der Waals surface area contributed by atoms with E-state index in [0.29, 0.717) is 19.5 Å². The van der Waals surface area contributed by atoms with E-state index in [1.165, 1.54) is 24.1 Å². The minimum absolute atomic E-state index is 0.0130. The summed E-state index contributed by atoms with van der Waals surface area (Å²) in [5.74, 6) is -0.930. The molecule has 10 heteroatoms. The van der Waals surface area contributed by atoms with E-state index in [2.05, 4.69) is 14.8 Å². The van der Waals surface area contributed by atoms with Gasteiger partial charge in [-0.25, -0.2) is 4.79 Å². The Balaban J connectivity index is 1.47. The van der Waals surface area contributed by atoms with Crippen molar-refractivity contribution < 1.29 is 32.6 Å². The highest BCUT2D eigenvalue weighted by molar-refractivity contribution is 6.07. The van der Waals surface area contributed by atoms with Gasteiger partial charge in [0.05, 0.1) is 6.42 Å². The van der Waals surface area contributed by atoms with Gasteiger partial charge in [0.1, 0.15) is 6.04 Å². The minimum Gasteiger partial charge on any atom is -0.395 e. The number of urea groups is 1. The molecule has 3 aliphatic heterocycles. The lowest BCUT2D eigenvalue weighted by Crippen LogP contribution is -2.64. The Morgan fingerprint density at radius 2 is 2.00 bits per heavy atom. The lowest BCUT2D eigenvalue weighted by atomic mass is 9.90. The third kappa shape index (κ3) is 3.12. The van der Waals surface area contributed by atoms with Crippen LogP contribution in [-0.2, 0) is 9.59 Å². The lowest BCUT2D eigenvalue weighted by Gasteiger charge is -2.42. The number of piperidine rings is 1. The third-order valence-electron chi connectivity index (χ3n) is 5.29.